The molecule has 15 heavy (non-hydrogen) atoms. The van der Waals surface area contributed by atoms with Gasteiger partial charge in [-0.2, -0.15) is 5.26 Å². The molecule has 3 nitrogen and oxygen atoms in total. The number of benzene rings is 1. The molecule has 0 aromatic heterocycles. The van der Waals surface area contributed by atoms with E-state index in [4.69, 9.17) is 10.4 Å². The first-order valence-corrected chi connectivity index (χ1v) is 3.86. The van der Waals surface area contributed by atoms with Crippen molar-refractivity contribution in [2.75, 3.05) is 0 Å². The summed E-state index contributed by atoms with van der Waals surface area (Å²) in [5.41, 5.74) is 0.214. The highest BCUT2D eigenvalue weighted by atomic mass is 19.4. The number of ether oxygens (including phenoxy) is 1. The molecule has 0 atom stereocenters. The molecule has 1 rings (SSSR count). The van der Waals surface area contributed by atoms with E-state index in [1.165, 1.54) is 0 Å². The zero-order chi connectivity index (χ0) is 11.5. The Balaban J connectivity index is 3.00. The fourth-order valence-electron chi connectivity index (χ4n) is 1.01. The lowest BCUT2D eigenvalue weighted by Gasteiger charge is -2.09. The van der Waals surface area contributed by atoms with E-state index >= 15 is 0 Å². The van der Waals surface area contributed by atoms with E-state index in [1.54, 1.807) is 6.07 Å². The van der Waals surface area contributed by atoms with E-state index < -0.39 is 18.7 Å². The highest BCUT2D eigenvalue weighted by Crippen LogP contribution is 2.24. The Morgan fingerprint density at radius 3 is 2.53 bits per heavy atom. The van der Waals surface area contributed by atoms with Gasteiger partial charge in [0, 0.05) is 0 Å². The van der Waals surface area contributed by atoms with E-state index in [2.05, 4.69) is 4.74 Å². The van der Waals surface area contributed by atoms with Crippen molar-refractivity contribution in [1.82, 2.24) is 0 Å². The van der Waals surface area contributed by atoms with Gasteiger partial charge >= 0.3 is 6.36 Å². The predicted molar refractivity (Wildman–Crippen MR) is 43.8 cm³/mol. The number of aliphatic hydroxyl groups is 1. The highest BCUT2D eigenvalue weighted by Gasteiger charge is 2.31. The van der Waals surface area contributed by atoms with Crippen LogP contribution in [0.5, 0.6) is 5.75 Å². The van der Waals surface area contributed by atoms with Crippen LogP contribution in [0, 0.1) is 11.3 Å². The van der Waals surface area contributed by atoms with Gasteiger partial charge in [0.15, 0.2) is 0 Å². The summed E-state index contributed by atoms with van der Waals surface area (Å²) in [6.07, 6.45) is -4.78. The number of hydrogen-bond acceptors (Lipinski definition) is 3. The molecule has 0 fully saturated rings. The minimum Gasteiger partial charge on any atom is -0.406 e. The second-order valence-corrected chi connectivity index (χ2v) is 2.64. The first kappa shape index (κ1) is 11.3. The second-order valence-electron chi connectivity index (χ2n) is 2.64. The normalized spacial score (nSPS) is 10.9. The summed E-state index contributed by atoms with van der Waals surface area (Å²) in [7, 11) is 0. The molecule has 0 heterocycles. The molecule has 0 spiro atoms. The monoisotopic (exact) mass is 217 g/mol. The topological polar surface area (TPSA) is 53.2 Å². The van der Waals surface area contributed by atoms with Crippen LogP contribution in [0.25, 0.3) is 0 Å². The number of nitriles is 1. The number of alkyl halides is 3. The third-order valence-electron chi connectivity index (χ3n) is 1.60. The predicted octanol–water partition coefficient (Wildman–Crippen LogP) is 1.95. The van der Waals surface area contributed by atoms with Gasteiger partial charge in [0.05, 0.1) is 18.2 Å². The Hall–Kier alpha value is -1.74. The van der Waals surface area contributed by atoms with Crippen molar-refractivity contribution in [2.24, 2.45) is 0 Å². The summed E-state index contributed by atoms with van der Waals surface area (Å²) < 4.78 is 39.1. The van der Waals surface area contributed by atoms with Crippen LogP contribution in [0.4, 0.5) is 13.2 Å². The molecule has 6 heteroatoms. The van der Waals surface area contributed by atoms with Crippen LogP contribution < -0.4 is 4.74 Å². The molecule has 0 aliphatic heterocycles. The van der Waals surface area contributed by atoms with Gasteiger partial charge in [-0.1, -0.05) is 0 Å². The van der Waals surface area contributed by atoms with Crippen molar-refractivity contribution in [2.45, 2.75) is 13.0 Å². The van der Waals surface area contributed by atoms with Crippen molar-refractivity contribution in [3.63, 3.8) is 0 Å². The van der Waals surface area contributed by atoms with E-state index in [9.17, 15) is 13.2 Å². The molecule has 0 bridgehead atoms. The molecule has 0 saturated heterocycles. The van der Waals surface area contributed by atoms with E-state index in [1.807, 2.05) is 0 Å². The van der Waals surface area contributed by atoms with Gasteiger partial charge < -0.3 is 9.84 Å². The Bertz CT molecular complexity index is 395. The molecule has 0 unspecified atom stereocenters. The van der Waals surface area contributed by atoms with E-state index in [-0.39, 0.29) is 11.1 Å². The number of hydrogen-bond donors (Lipinski definition) is 1. The molecule has 1 N–H and O–H groups in total. The minimum absolute atomic E-state index is 0.0965. The number of nitrogens with zero attached hydrogens (tertiary/aromatic N) is 1. The van der Waals surface area contributed by atoms with Crippen LogP contribution in [0.15, 0.2) is 18.2 Å². The zero-order valence-electron chi connectivity index (χ0n) is 7.38. The maximum absolute atomic E-state index is 11.8. The Kier molecular flexibility index (Phi) is 3.17. The summed E-state index contributed by atoms with van der Waals surface area (Å²) in [6.45, 7) is -0.516. The van der Waals surface area contributed by atoms with Crippen LogP contribution in [0.2, 0.25) is 0 Å². The van der Waals surface area contributed by atoms with Crippen molar-refractivity contribution in [1.29, 1.82) is 5.26 Å². The van der Waals surface area contributed by atoms with Crippen molar-refractivity contribution in [3.05, 3.63) is 29.3 Å². The third kappa shape index (κ3) is 3.14. The maximum Gasteiger partial charge on any atom is 0.573 e. The summed E-state index contributed by atoms with van der Waals surface area (Å²) in [5, 5.41) is 17.3. The Labute approximate surface area is 83.3 Å². The standard InChI is InChI=1S/C9H6F3NO2/c10-9(11,12)15-8-2-1-6(4-13)7(3-8)5-14/h1-3,14H,5H2. The molecular formula is C9H6F3NO2. The first-order chi connectivity index (χ1) is 6.96. The van der Waals surface area contributed by atoms with Crippen LogP contribution in [0.1, 0.15) is 11.1 Å². The molecule has 0 aliphatic carbocycles. The van der Waals surface area contributed by atoms with Crippen molar-refractivity contribution >= 4 is 0 Å². The number of halogens is 3. The average molecular weight is 217 g/mol. The van der Waals surface area contributed by atoms with E-state index in [0.717, 1.165) is 18.2 Å². The number of aliphatic hydroxyl groups excluding tert-OH is 1. The van der Waals surface area contributed by atoms with Crippen LogP contribution in [0.3, 0.4) is 0 Å². The van der Waals surface area contributed by atoms with E-state index in [0.29, 0.717) is 0 Å². The second kappa shape index (κ2) is 4.19. The first-order valence-electron chi connectivity index (χ1n) is 3.86. The SMILES string of the molecule is N#Cc1ccc(OC(F)(F)F)cc1CO. The van der Waals surface area contributed by atoms with Gasteiger partial charge in [0.25, 0.3) is 0 Å². The zero-order valence-corrected chi connectivity index (χ0v) is 7.38. The molecule has 1 aromatic carbocycles. The lowest BCUT2D eigenvalue weighted by Crippen LogP contribution is -2.17. The average Bonchev–Trinajstić information content (AvgIpc) is 2.15. The molecule has 0 aliphatic rings. The summed E-state index contributed by atoms with van der Waals surface area (Å²) in [4.78, 5) is 0. The van der Waals surface area contributed by atoms with Gasteiger partial charge in [-0.05, 0) is 23.8 Å². The van der Waals surface area contributed by atoms with Crippen LogP contribution in [-0.2, 0) is 6.61 Å². The van der Waals surface area contributed by atoms with Gasteiger partial charge in [-0.25, -0.2) is 0 Å². The molecule has 0 amide bonds. The lowest BCUT2D eigenvalue weighted by atomic mass is 10.1. The minimum atomic E-state index is -4.78. The largest absolute Gasteiger partial charge is 0.573 e. The highest BCUT2D eigenvalue weighted by molar-refractivity contribution is 5.42. The van der Waals surface area contributed by atoms with Crippen molar-refractivity contribution < 1.29 is 23.0 Å². The molecule has 0 saturated carbocycles. The van der Waals surface area contributed by atoms with Gasteiger partial charge in [0.1, 0.15) is 5.75 Å². The van der Waals surface area contributed by atoms with Gasteiger partial charge in [-0.3, -0.25) is 0 Å². The van der Waals surface area contributed by atoms with Crippen molar-refractivity contribution in [3.8, 4) is 11.8 Å². The van der Waals surface area contributed by atoms with Crippen LogP contribution in [-0.4, -0.2) is 11.5 Å². The van der Waals surface area contributed by atoms with Gasteiger partial charge in [0.2, 0.25) is 0 Å². The van der Waals surface area contributed by atoms with Crippen LogP contribution >= 0.6 is 0 Å². The quantitative estimate of drug-likeness (QED) is 0.823. The molecule has 80 valence electrons. The molecule has 1 aromatic rings. The fourth-order valence-corrected chi connectivity index (χ4v) is 1.01. The van der Waals surface area contributed by atoms with Gasteiger partial charge in [-0.15, -0.1) is 13.2 Å². The fraction of sp³-hybridized carbons (Fsp3) is 0.222. The lowest BCUT2D eigenvalue weighted by molar-refractivity contribution is -0.274. The summed E-state index contributed by atoms with van der Waals surface area (Å²) >= 11 is 0. The maximum atomic E-state index is 11.8. The smallest absolute Gasteiger partial charge is 0.406 e. The number of rotatable bonds is 2. The Morgan fingerprint density at radius 2 is 2.07 bits per heavy atom. The Morgan fingerprint density at radius 1 is 1.40 bits per heavy atom. The molecule has 0 radical (unpaired) electrons. The summed E-state index contributed by atoms with van der Waals surface area (Å²) in [6, 6.07) is 4.90. The molecular weight excluding hydrogens is 211 g/mol. The third-order valence-corrected chi connectivity index (χ3v) is 1.60. The summed E-state index contributed by atoms with van der Waals surface area (Å²) in [5.74, 6) is -0.453.